The van der Waals surface area contributed by atoms with Crippen molar-refractivity contribution < 1.29 is 43.1 Å². The second-order valence-corrected chi connectivity index (χ2v) is 19.2. The Hall–Kier alpha value is -10.3. The van der Waals surface area contributed by atoms with Gasteiger partial charge in [-0.25, -0.2) is 4.79 Å². The van der Waals surface area contributed by atoms with Gasteiger partial charge in [0, 0.05) is 18.2 Å². The number of hydrogen-bond donors (Lipinski definition) is 1. The quantitative estimate of drug-likeness (QED) is 0.0671. The van der Waals surface area contributed by atoms with Crippen LogP contribution >= 0.6 is 0 Å². The van der Waals surface area contributed by atoms with Crippen molar-refractivity contribution in [2.75, 3.05) is 0 Å². The molecule has 0 atom stereocenters. The van der Waals surface area contributed by atoms with E-state index >= 15 is 0 Å². The standard InChI is InChI=1S/C71H56O9/c72-71(73)58-27-25-56(26-28-58)67-33-34-68(70-24-14-13-23-69(67)70)57-29-31-59(32-30-57)74-47-53-35-63(78-48-54-37-61(75-44-50-15-5-1-6-16-50)41-62(38-54)76-45-51-17-7-2-8-18-51)42-64(36-53)79-49-55-39-65(77-46-52-19-9-3-10-20-52)43-66(40-55)80-60-21-11-4-12-22-60/h1-43H,44-49H2,(H,72,73). The first-order chi connectivity index (χ1) is 39.4. The number of fused-ring (bicyclic) bond motifs is 1. The second-order valence-electron chi connectivity index (χ2n) is 19.2. The highest BCUT2D eigenvalue weighted by Crippen LogP contribution is 2.37. The van der Waals surface area contributed by atoms with Gasteiger partial charge in [-0.2, -0.15) is 0 Å². The summed E-state index contributed by atoms with van der Waals surface area (Å²) in [6.45, 7) is 1.83. The van der Waals surface area contributed by atoms with Gasteiger partial charge in [-0.1, -0.05) is 170 Å². The summed E-state index contributed by atoms with van der Waals surface area (Å²) >= 11 is 0. The molecule has 11 aromatic rings. The molecule has 0 aliphatic carbocycles. The van der Waals surface area contributed by atoms with E-state index in [1.165, 1.54) is 0 Å². The third-order valence-electron chi connectivity index (χ3n) is 13.3. The first-order valence-corrected chi connectivity index (χ1v) is 26.4. The van der Waals surface area contributed by atoms with Gasteiger partial charge in [-0.15, -0.1) is 0 Å². The van der Waals surface area contributed by atoms with Crippen molar-refractivity contribution in [2.24, 2.45) is 0 Å². The van der Waals surface area contributed by atoms with Crippen molar-refractivity contribution in [1.82, 2.24) is 0 Å². The lowest BCUT2D eigenvalue weighted by atomic mass is 9.92. The van der Waals surface area contributed by atoms with Crippen LogP contribution in [0.1, 0.15) is 43.7 Å². The van der Waals surface area contributed by atoms with Crippen LogP contribution < -0.4 is 33.2 Å². The number of para-hydroxylation sites is 1. The minimum Gasteiger partial charge on any atom is -0.489 e. The highest BCUT2D eigenvalue weighted by molar-refractivity contribution is 6.05. The normalized spacial score (nSPS) is 10.9. The summed E-state index contributed by atoms with van der Waals surface area (Å²) in [5.74, 6) is 4.20. The third-order valence-corrected chi connectivity index (χ3v) is 13.3. The summed E-state index contributed by atoms with van der Waals surface area (Å²) in [5, 5.41) is 11.6. The van der Waals surface area contributed by atoms with E-state index in [-0.39, 0.29) is 25.4 Å². The highest BCUT2D eigenvalue weighted by atomic mass is 16.5. The van der Waals surface area contributed by atoms with E-state index in [1.54, 1.807) is 12.1 Å². The van der Waals surface area contributed by atoms with Crippen molar-refractivity contribution >= 4 is 16.7 Å². The number of benzene rings is 11. The summed E-state index contributed by atoms with van der Waals surface area (Å²) in [7, 11) is 0. The largest absolute Gasteiger partial charge is 0.489 e. The van der Waals surface area contributed by atoms with Gasteiger partial charge in [-0.3, -0.25) is 0 Å². The van der Waals surface area contributed by atoms with Gasteiger partial charge in [0.05, 0.1) is 5.56 Å². The van der Waals surface area contributed by atoms with Crippen LogP contribution in [-0.4, -0.2) is 11.1 Å². The van der Waals surface area contributed by atoms with E-state index in [2.05, 4.69) is 36.4 Å². The van der Waals surface area contributed by atoms with Crippen LogP contribution in [0.15, 0.2) is 261 Å². The third kappa shape index (κ3) is 13.8. The molecule has 0 saturated carbocycles. The predicted molar refractivity (Wildman–Crippen MR) is 313 cm³/mol. The molecule has 0 aromatic heterocycles. The Labute approximate surface area is 465 Å². The number of hydrogen-bond acceptors (Lipinski definition) is 8. The van der Waals surface area contributed by atoms with E-state index in [0.29, 0.717) is 65.8 Å². The van der Waals surface area contributed by atoms with Crippen LogP contribution in [0.5, 0.6) is 46.0 Å². The van der Waals surface area contributed by atoms with Crippen LogP contribution in [0.25, 0.3) is 33.0 Å². The van der Waals surface area contributed by atoms with E-state index in [4.69, 9.17) is 33.2 Å². The first kappa shape index (κ1) is 51.8. The minimum absolute atomic E-state index is 0.203. The highest BCUT2D eigenvalue weighted by Gasteiger charge is 2.14. The van der Waals surface area contributed by atoms with Gasteiger partial charge in [0.1, 0.15) is 85.6 Å². The SMILES string of the molecule is O=C(O)c1ccc(-c2ccc(-c3ccc(OCc4cc(OCc5cc(OCc6ccccc6)cc(OCc6ccccc6)c5)cc(OCc5cc(OCc6ccccc6)cc(Oc6ccccc6)c5)c4)cc3)c3ccccc23)cc1. The minimum atomic E-state index is -0.950. The van der Waals surface area contributed by atoms with Gasteiger partial charge in [0.2, 0.25) is 0 Å². The molecule has 11 rings (SSSR count). The summed E-state index contributed by atoms with van der Waals surface area (Å²) < 4.78 is 45.1. The fourth-order valence-corrected chi connectivity index (χ4v) is 9.29. The summed E-state index contributed by atoms with van der Waals surface area (Å²) in [6, 6.07) is 84.9. The topological polar surface area (TPSA) is 102 Å². The molecular formula is C71H56O9. The average molecular weight is 1050 g/mol. The lowest BCUT2D eigenvalue weighted by Crippen LogP contribution is -2.03. The van der Waals surface area contributed by atoms with Gasteiger partial charge < -0.3 is 38.3 Å². The van der Waals surface area contributed by atoms with Gasteiger partial charge >= 0.3 is 5.97 Å². The smallest absolute Gasteiger partial charge is 0.335 e. The fraction of sp³-hybridized carbons (Fsp3) is 0.0845. The zero-order chi connectivity index (χ0) is 54.3. The summed E-state index contributed by atoms with van der Waals surface area (Å²) in [6.07, 6.45) is 0. The molecule has 9 heteroatoms. The van der Waals surface area contributed by atoms with Crippen molar-refractivity contribution in [3.05, 3.63) is 300 Å². The molecule has 0 unspecified atom stereocenters. The van der Waals surface area contributed by atoms with E-state index in [9.17, 15) is 9.90 Å². The fourth-order valence-electron chi connectivity index (χ4n) is 9.29. The maximum Gasteiger partial charge on any atom is 0.335 e. The zero-order valence-corrected chi connectivity index (χ0v) is 43.8. The van der Waals surface area contributed by atoms with Crippen LogP contribution in [-0.2, 0) is 39.6 Å². The second kappa shape index (κ2) is 25.3. The maximum absolute atomic E-state index is 11.5. The molecule has 1 N–H and O–H groups in total. The number of carbonyl (C=O) groups is 1. The van der Waals surface area contributed by atoms with Crippen LogP contribution in [0.4, 0.5) is 0 Å². The molecule has 0 aliphatic heterocycles. The Morgan fingerprint density at radius 1 is 0.275 bits per heavy atom. The number of carboxylic acid groups (broad SMARTS) is 1. The molecule has 0 bridgehead atoms. The van der Waals surface area contributed by atoms with Gasteiger partial charge in [0.25, 0.3) is 0 Å². The Kier molecular flexibility index (Phi) is 16.4. The predicted octanol–water partition coefficient (Wildman–Crippen LogP) is 17.1. The van der Waals surface area contributed by atoms with E-state index < -0.39 is 5.97 Å². The molecule has 0 aliphatic rings. The van der Waals surface area contributed by atoms with E-state index in [1.807, 2.05) is 212 Å². The molecule has 11 aromatic carbocycles. The van der Waals surface area contributed by atoms with Crippen molar-refractivity contribution in [1.29, 1.82) is 0 Å². The molecule has 80 heavy (non-hydrogen) atoms. The number of aromatic carboxylic acids is 1. The van der Waals surface area contributed by atoms with Crippen LogP contribution in [0.2, 0.25) is 0 Å². The number of carboxylic acids is 1. The van der Waals surface area contributed by atoms with Crippen LogP contribution in [0, 0.1) is 0 Å². The summed E-state index contributed by atoms with van der Waals surface area (Å²) in [5.41, 5.74) is 10.0. The maximum atomic E-state index is 11.5. The molecule has 9 nitrogen and oxygen atoms in total. The average Bonchev–Trinajstić information content (AvgIpc) is 3.59. The first-order valence-electron chi connectivity index (χ1n) is 26.4. The molecule has 0 saturated heterocycles. The van der Waals surface area contributed by atoms with Crippen molar-refractivity contribution in [3.63, 3.8) is 0 Å². The molecular weight excluding hydrogens is 997 g/mol. The van der Waals surface area contributed by atoms with Crippen molar-refractivity contribution in [3.8, 4) is 68.2 Å². The molecule has 0 spiro atoms. The Balaban J connectivity index is 0.850. The lowest BCUT2D eigenvalue weighted by molar-refractivity contribution is 0.0697. The molecule has 0 fully saturated rings. The van der Waals surface area contributed by atoms with Crippen LogP contribution in [0.3, 0.4) is 0 Å². The molecule has 0 amide bonds. The Morgan fingerprint density at radius 3 is 0.975 bits per heavy atom. The molecule has 0 radical (unpaired) electrons. The Morgan fingerprint density at radius 2 is 0.588 bits per heavy atom. The lowest BCUT2D eigenvalue weighted by Gasteiger charge is -2.16. The summed E-state index contributed by atoms with van der Waals surface area (Å²) in [4.78, 5) is 11.5. The zero-order valence-electron chi connectivity index (χ0n) is 43.8. The molecule has 394 valence electrons. The number of rotatable bonds is 23. The molecule has 0 heterocycles. The Bertz CT molecular complexity index is 3750. The van der Waals surface area contributed by atoms with Gasteiger partial charge in [0.15, 0.2) is 0 Å². The van der Waals surface area contributed by atoms with E-state index in [0.717, 1.165) is 66.4 Å². The van der Waals surface area contributed by atoms with Gasteiger partial charge in [-0.05, 0) is 139 Å². The number of ether oxygens (including phenoxy) is 7. The van der Waals surface area contributed by atoms with Crippen molar-refractivity contribution in [2.45, 2.75) is 39.6 Å². The monoisotopic (exact) mass is 1050 g/mol.